The van der Waals surface area contributed by atoms with E-state index in [1.54, 1.807) is 20.3 Å². The quantitative estimate of drug-likeness (QED) is 0.696. The third-order valence-corrected chi connectivity index (χ3v) is 3.10. The number of rotatable bonds is 4. The number of aromatic amines is 1. The molecule has 22 heavy (non-hydrogen) atoms. The summed E-state index contributed by atoms with van der Waals surface area (Å²) in [5, 5.41) is 3.75. The third kappa shape index (κ3) is 2.43. The maximum atomic E-state index is 11.9. The Balaban J connectivity index is 1.97. The van der Waals surface area contributed by atoms with Gasteiger partial charge < -0.3 is 15.2 Å². The van der Waals surface area contributed by atoms with Crippen molar-refractivity contribution in [1.82, 2.24) is 24.6 Å². The van der Waals surface area contributed by atoms with Gasteiger partial charge in [0.15, 0.2) is 11.5 Å². The summed E-state index contributed by atoms with van der Waals surface area (Å²) in [6.07, 6.45) is 0.402. The van der Waals surface area contributed by atoms with Gasteiger partial charge in [0.2, 0.25) is 5.95 Å². The van der Waals surface area contributed by atoms with Crippen molar-refractivity contribution in [2.75, 3.05) is 20.0 Å². The second-order valence-corrected chi connectivity index (χ2v) is 4.54. The molecule has 0 unspecified atom stereocenters. The van der Waals surface area contributed by atoms with Gasteiger partial charge in [-0.2, -0.15) is 9.97 Å². The van der Waals surface area contributed by atoms with Gasteiger partial charge >= 0.3 is 5.69 Å². The number of fused-ring (bicyclic) bond motifs is 1. The molecule has 114 valence electrons. The minimum Gasteiger partial charge on any atom is -0.493 e. The van der Waals surface area contributed by atoms with E-state index in [9.17, 15) is 4.79 Å². The van der Waals surface area contributed by atoms with E-state index < -0.39 is 5.69 Å². The summed E-state index contributed by atoms with van der Waals surface area (Å²) >= 11 is 0. The van der Waals surface area contributed by atoms with Crippen LogP contribution in [0.5, 0.6) is 11.5 Å². The smallest absolute Gasteiger partial charge is 0.350 e. The van der Waals surface area contributed by atoms with Crippen LogP contribution in [-0.2, 0) is 6.42 Å². The fraction of sp³-hybridized carbons (Fsp3) is 0.231. The van der Waals surface area contributed by atoms with E-state index in [4.69, 9.17) is 15.2 Å². The first-order valence-electron chi connectivity index (χ1n) is 6.43. The third-order valence-electron chi connectivity index (χ3n) is 3.10. The molecule has 3 N–H and O–H groups in total. The van der Waals surface area contributed by atoms with Crippen molar-refractivity contribution in [3.05, 3.63) is 40.1 Å². The molecule has 0 bridgehead atoms. The number of ether oxygens (including phenoxy) is 2. The van der Waals surface area contributed by atoms with Crippen LogP contribution in [0.3, 0.4) is 0 Å². The van der Waals surface area contributed by atoms with Gasteiger partial charge in [-0.05, 0) is 17.7 Å². The fourth-order valence-corrected chi connectivity index (χ4v) is 2.12. The molecule has 0 spiro atoms. The normalized spacial score (nSPS) is 10.8. The maximum absolute atomic E-state index is 11.9. The Labute approximate surface area is 124 Å². The topological polar surface area (TPSA) is 120 Å². The van der Waals surface area contributed by atoms with E-state index >= 15 is 0 Å². The molecule has 0 fully saturated rings. The number of nitrogen functional groups attached to an aromatic ring is 1. The summed E-state index contributed by atoms with van der Waals surface area (Å²) in [4.78, 5) is 22.7. The first-order valence-corrected chi connectivity index (χ1v) is 6.43. The minimum absolute atomic E-state index is 0.00117. The van der Waals surface area contributed by atoms with Crippen LogP contribution in [0.15, 0.2) is 23.0 Å². The number of H-pyrrole nitrogens is 1. The Morgan fingerprint density at radius 1 is 1.23 bits per heavy atom. The second kappa shape index (κ2) is 5.35. The van der Waals surface area contributed by atoms with E-state index in [1.165, 1.54) is 0 Å². The molecule has 9 nitrogen and oxygen atoms in total. The highest BCUT2D eigenvalue weighted by Crippen LogP contribution is 2.28. The highest BCUT2D eigenvalue weighted by atomic mass is 16.5. The summed E-state index contributed by atoms with van der Waals surface area (Å²) in [5.41, 5.74) is 5.93. The highest BCUT2D eigenvalue weighted by Gasteiger charge is 2.10. The standard InChI is InChI=1S/C13H14N6O3/c1-21-8-4-3-7(5-9(8)22-2)6-10-15-12-17-11(14)18-19(12)13(20)16-10/h3-5H,6H2,1-2H3,(H3,14,15,16,17,18,20). The van der Waals surface area contributed by atoms with Crippen molar-refractivity contribution in [2.45, 2.75) is 6.42 Å². The minimum atomic E-state index is -0.440. The fourth-order valence-electron chi connectivity index (χ4n) is 2.12. The predicted octanol–water partition coefficient (Wildman–Crippen LogP) is 0.00280. The van der Waals surface area contributed by atoms with Crippen molar-refractivity contribution in [3.63, 3.8) is 0 Å². The molecule has 1 aromatic carbocycles. The molecule has 0 aliphatic heterocycles. The lowest BCUT2D eigenvalue weighted by molar-refractivity contribution is 0.354. The Morgan fingerprint density at radius 3 is 2.73 bits per heavy atom. The van der Waals surface area contributed by atoms with E-state index in [-0.39, 0.29) is 11.7 Å². The molecule has 0 aliphatic carbocycles. The zero-order valence-electron chi connectivity index (χ0n) is 12.0. The number of anilines is 1. The van der Waals surface area contributed by atoms with Crippen molar-refractivity contribution in [2.24, 2.45) is 0 Å². The van der Waals surface area contributed by atoms with Crippen molar-refractivity contribution in [3.8, 4) is 11.5 Å². The van der Waals surface area contributed by atoms with Gasteiger partial charge in [-0.15, -0.1) is 9.61 Å². The lowest BCUT2D eigenvalue weighted by atomic mass is 10.1. The van der Waals surface area contributed by atoms with Crippen molar-refractivity contribution < 1.29 is 9.47 Å². The molecule has 0 radical (unpaired) electrons. The first-order chi connectivity index (χ1) is 10.6. The van der Waals surface area contributed by atoms with Gasteiger partial charge in [0.1, 0.15) is 5.82 Å². The van der Waals surface area contributed by atoms with Gasteiger partial charge in [0, 0.05) is 6.42 Å². The maximum Gasteiger partial charge on any atom is 0.350 e. The molecule has 0 saturated carbocycles. The van der Waals surface area contributed by atoms with Crippen LogP contribution >= 0.6 is 0 Å². The molecule has 9 heteroatoms. The monoisotopic (exact) mass is 302 g/mol. The lowest BCUT2D eigenvalue weighted by Crippen LogP contribution is -2.21. The highest BCUT2D eigenvalue weighted by molar-refractivity contribution is 5.43. The molecular weight excluding hydrogens is 288 g/mol. The molecule has 0 amide bonds. The van der Waals surface area contributed by atoms with E-state index in [2.05, 4.69) is 20.1 Å². The summed E-state index contributed by atoms with van der Waals surface area (Å²) < 4.78 is 11.5. The zero-order chi connectivity index (χ0) is 15.7. The summed E-state index contributed by atoms with van der Waals surface area (Å²) in [6, 6.07) is 5.48. The second-order valence-electron chi connectivity index (χ2n) is 4.54. The largest absolute Gasteiger partial charge is 0.493 e. The van der Waals surface area contributed by atoms with Crippen molar-refractivity contribution in [1.29, 1.82) is 0 Å². The van der Waals surface area contributed by atoms with Gasteiger partial charge in [0.25, 0.3) is 5.78 Å². The van der Waals surface area contributed by atoms with Crippen LogP contribution in [0.1, 0.15) is 11.4 Å². The van der Waals surface area contributed by atoms with Crippen LogP contribution in [0.4, 0.5) is 5.95 Å². The van der Waals surface area contributed by atoms with E-state index in [0.717, 1.165) is 10.1 Å². The number of aromatic nitrogens is 5. The lowest BCUT2D eigenvalue weighted by Gasteiger charge is -2.09. The van der Waals surface area contributed by atoms with Gasteiger partial charge in [0.05, 0.1) is 14.2 Å². The Morgan fingerprint density at radius 2 is 2.00 bits per heavy atom. The number of hydrogen-bond acceptors (Lipinski definition) is 7. The molecule has 0 aliphatic rings. The van der Waals surface area contributed by atoms with Crippen LogP contribution < -0.4 is 20.9 Å². The molecule has 2 heterocycles. The Hall–Kier alpha value is -3.10. The number of hydrogen-bond donors (Lipinski definition) is 2. The van der Waals surface area contributed by atoms with Gasteiger partial charge in [-0.25, -0.2) is 4.79 Å². The van der Waals surface area contributed by atoms with E-state index in [1.807, 2.05) is 12.1 Å². The number of benzene rings is 1. The molecule has 0 atom stereocenters. The molecule has 3 rings (SSSR count). The van der Waals surface area contributed by atoms with Crippen LogP contribution in [-0.4, -0.2) is 38.8 Å². The first kappa shape index (κ1) is 13.9. The molecular formula is C13H14N6O3. The van der Waals surface area contributed by atoms with Gasteiger partial charge in [-0.1, -0.05) is 6.07 Å². The number of nitrogens with zero attached hydrogens (tertiary/aromatic N) is 4. The number of nitrogens with two attached hydrogens (primary N) is 1. The van der Waals surface area contributed by atoms with Crippen LogP contribution in [0.2, 0.25) is 0 Å². The molecule has 3 aromatic rings. The Bertz CT molecular complexity index is 885. The summed E-state index contributed by atoms with van der Waals surface area (Å²) in [6.45, 7) is 0. The van der Waals surface area contributed by atoms with E-state index in [0.29, 0.717) is 23.7 Å². The average Bonchev–Trinajstić information content (AvgIpc) is 2.88. The van der Waals surface area contributed by atoms with Crippen LogP contribution in [0, 0.1) is 0 Å². The average molecular weight is 302 g/mol. The molecule has 0 saturated heterocycles. The SMILES string of the molecule is COc1ccc(Cc2nc3nc(N)nn3c(=O)[nH]2)cc1OC. The summed E-state index contributed by atoms with van der Waals surface area (Å²) in [7, 11) is 3.13. The summed E-state index contributed by atoms with van der Waals surface area (Å²) in [5.74, 6) is 1.86. The van der Waals surface area contributed by atoms with Gasteiger partial charge in [-0.3, -0.25) is 4.98 Å². The molecule has 2 aromatic heterocycles. The van der Waals surface area contributed by atoms with Crippen LogP contribution in [0.25, 0.3) is 5.78 Å². The Kier molecular flexibility index (Phi) is 3.37. The number of nitrogens with one attached hydrogen (secondary N) is 1. The zero-order valence-corrected chi connectivity index (χ0v) is 12.0. The van der Waals surface area contributed by atoms with Crippen molar-refractivity contribution >= 4 is 11.7 Å². The number of methoxy groups -OCH3 is 2. The predicted molar refractivity (Wildman–Crippen MR) is 78.2 cm³/mol.